The molecule has 1 amide bonds. The summed E-state index contributed by atoms with van der Waals surface area (Å²) in [5.41, 5.74) is 0.454. The van der Waals surface area contributed by atoms with Gasteiger partial charge in [0.25, 0.3) is 0 Å². The van der Waals surface area contributed by atoms with Gasteiger partial charge in [-0.15, -0.1) is 0 Å². The Labute approximate surface area is 141 Å². The number of Topliss-reactive ketones (excluding diaryl/α,β-unsaturated/α-hetero) is 1. The van der Waals surface area contributed by atoms with Gasteiger partial charge in [-0.05, 0) is 37.1 Å². The highest BCUT2D eigenvalue weighted by Gasteiger charge is 2.35. The van der Waals surface area contributed by atoms with Gasteiger partial charge in [0, 0.05) is 23.6 Å². The summed E-state index contributed by atoms with van der Waals surface area (Å²) in [4.78, 5) is 36.2. The van der Waals surface area contributed by atoms with Gasteiger partial charge in [0.15, 0.2) is 5.78 Å². The second-order valence-electron chi connectivity index (χ2n) is 5.13. The van der Waals surface area contributed by atoms with E-state index in [0.29, 0.717) is 30.0 Å². The topological polar surface area (TPSA) is 74.7 Å². The van der Waals surface area contributed by atoms with Crippen molar-refractivity contribution < 1.29 is 19.5 Å². The number of benzene rings is 1. The molecule has 0 radical (unpaired) electrons. The van der Waals surface area contributed by atoms with Crippen molar-refractivity contribution in [1.82, 2.24) is 4.90 Å². The maximum absolute atomic E-state index is 12.2. The van der Waals surface area contributed by atoms with E-state index in [1.165, 1.54) is 4.90 Å². The minimum absolute atomic E-state index is 0.0642. The van der Waals surface area contributed by atoms with Gasteiger partial charge in [0.1, 0.15) is 6.04 Å². The molecular weight excluding hydrogens is 374 g/mol. The number of carbonyl (C=O) groups is 3. The van der Waals surface area contributed by atoms with Gasteiger partial charge in [-0.2, -0.15) is 0 Å². The smallest absolute Gasteiger partial charge is 0.326 e. The standard InChI is InChI=1S/C15H15BrClNO4/c16-11(14(20)9-3-5-10(17)6-4-9)8-13(19)18-7-1-2-12(18)15(21)22/h3-6,11-12H,1-2,7-8H2,(H,21,22)/t11?,12-/m0/s1. The Morgan fingerprint density at radius 2 is 1.95 bits per heavy atom. The molecule has 1 N–H and O–H groups in total. The van der Waals surface area contributed by atoms with E-state index in [0.717, 1.165) is 0 Å². The van der Waals surface area contributed by atoms with Gasteiger partial charge in [-0.1, -0.05) is 27.5 Å². The normalized spacial score (nSPS) is 19.0. The molecule has 2 rings (SSSR count). The Kier molecular flexibility index (Phi) is 5.58. The van der Waals surface area contributed by atoms with Crippen molar-refractivity contribution in [3.8, 4) is 0 Å². The van der Waals surface area contributed by atoms with Crippen molar-refractivity contribution in [3.63, 3.8) is 0 Å². The maximum atomic E-state index is 12.2. The number of amides is 1. The van der Waals surface area contributed by atoms with E-state index in [2.05, 4.69) is 15.9 Å². The summed E-state index contributed by atoms with van der Waals surface area (Å²) in [6, 6.07) is 5.63. The first-order valence-electron chi connectivity index (χ1n) is 6.86. The zero-order valence-electron chi connectivity index (χ0n) is 11.7. The van der Waals surface area contributed by atoms with Crippen LogP contribution in [-0.2, 0) is 9.59 Å². The number of hydrogen-bond donors (Lipinski definition) is 1. The molecule has 1 fully saturated rings. The highest BCUT2D eigenvalue weighted by Crippen LogP contribution is 2.22. The molecule has 0 saturated carbocycles. The number of alkyl halides is 1. The van der Waals surface area contributed by atoms with E-state index in [-0.39, 0.29) is 18.1 Å². The Balaban J connectivity index is 2.00. The minimum Gasteiger partial charge on any atom is -0.480 e. The van der Waals surface area contributed by atoms with Crippen LogP contribution in [0.15, 0.2) is 24.3 Å². The molecule has 0 spiro atoms. The van der Waals surface area contributed by atoms with Crippen LogP contribution in [0, 0.1) is 0 Å². The number of likely N-dealkylation sites (tertiary alicyclic amines) is 1. The van der Waals surface area contributed by atoms with Gasteiger partial charge < -0.3 is 10.0 Å². The zero-order valence-corrected chi connectivity index (χ0v) is 14.0. The van der Waals surface area contributed by atoms with Crippen LogP contribution in [0.4, 0.5) is 0 Å². The average Bonchev–Trinajstić information content (AvgIpc) is 2.97. The van der Waals surface area contributed by atoms with Crippen molar-refractivity contribution in [2.75, 3.05) is 6.54 Å². The summed E-state index contributed by atoms with van der Waals surface area (Å²) in [5, 5.41) is 9.62. The molecular formula is C15H15BrClNO4. The third kappa shape index (κ3) is 3.87. The van der Waals surface area contributed by atoms with Gasteiger partial charge in [-0.3, -0.25) is 9.59 Å². The summed E-state index contributed by atoms with van der Waals surface area (Å²) < 4.78 is 0. The fraction of sp³-hybridized carbons (Fsp3) is 0.400. The van der Waals surface area contributed by atoms with Crippen LogP contribution in [0.25, 0.3) is 0 Å². The highest BCUT2D eigenvalue weighted by atomic mass is 79.9. The molecule has 7 heteroatoms. The molecule has 5 nitrogen and oxygen atoms in total. The van der Waals surface area contributed by atoms with Crippen molar-refractivity contribution in [2.45, 2.75) is 30.1 Å². The number of halogens is 2. The summed E-state index contributed by atoms with van der Waals surface area (Å²) in [7, 11) is 0. The molecule has 2 atom stereocenters. The van der Waals surface area contributed by atoms with E-state index in [9.17, 15) is 14.4 Å². The molecule has 118 valence electrons. The first kappa shape index (κ1) is 17.0. The molecule has 1 saturated heterocycles. The second kappa shape index (κ2) is 7.24. The van der Waals surface area contributed by atoms with Crippen molar-refractivity contribution >= 4 is 45.2 Å². The molecule has 1 unspecified atom stereocenters. The van der Waals surface area contributed by atoms with Crippen LogP contribution in [0.2, 0.25) is 5.02 Å². The third-order valence-electron chi connectivity index (χ3n) is 3.63. The molecule has 0 aliphatic carbocycles. The predicted molar refractivity (Wildman–Crippen MR) is 85.5 cm³/mol. The van der Waals surface area contributed by atoms with E-state index >= 15 is 0 Å². The van der Waals surface area contributed by atoms with E-state index < -0.39 is 16.8 Å². The minimum atomic E-state index is -0.999. The van der Waals surface area contributed by atoms with Gasteiger partial charge in [0.05, 0.1) is 4.83 Å². The van der Waals surface area contributed by atoms with E-state index in [1.54, 1.807) is 24.3 Å². The molecule has 1 aromatic carbocycles. The van der Waals surface area contributed by atoms with Crippen LogP contribution in [0.1, 0.15) is 29.6 Å². The van der Waals surface area contributed by atoms with Crippen molar-refractivity contribution in [2.24, 2.45) is 0 Å². The molecule has 1 heterocycles. The summed E-state index contributed by atoms with van der Waals surface area (Å²) >= 11 is 9.00. The largest absolute Gasteiger partial charge is 0.480 e. The first-order valence-corrected chi connectivity index (χ1v) is 8.15. The number of rotatable bonds is 5. The van der Waals surface area contributed by atoms with Crippen LogP contribution in [0.5, 0.6) is 0 Å². The summed E-state index contributed by atoms with van der Waals surface area (Å²) in [5.74, 6) is -1.55. The van der Waals surface area contributed by atoms with Crippen LogP contribution in [-0.4, -0.2) is 45.1 Å². The Morgan fingerprint density at radius 3 is 2.55 bits per heavy atom. The average molecular weight is 389 g/mol. The summed E-state index contributed by atoms with van der Waals surface area (Å²) in [6.45, 7) is 0.421. The number of carboxylic acid groups (broad SMARTS) is 1. The van der Waals surface area contributed by atoms with Gasteiger partial charge in [-0.25, -0.2) is 4.79 Å². The molecule has 22 heavy (non-hydrogen) atoms. The second-order valence-corrected chi connectivity index (χ2v) is 6.67. The van der Waals surface area contributed by atoms with Crippen molar-refractivity contribution in [1.29, 1.82) is 0 Å². The Morgan fingerprint density at radius 1 is 1.32 bits per heavy atom. The number of nitrogens with zero attached hydrogens (tertiary/aromatic N) is 1. The number of aliphatic carboxylic acids is 1. The number of ketones is 1. The first-order chi connectivity index (χ1) is 10.4. The summed E-state index contributed by atoms with van der Waals surface area (Å²) in [6.07, 6.45) is 1.06. The zero-order chi connectivity index (χ0) is 16.3. The van der Waals surface area contributed by atoms with Crippen LogP contribution in [0.3, 0.4) is 0 Å². The number of hydrogen-bond acceptors (Lipinski definition) is 3. The Hall–Kier alpha value is -1.40. The Bertz CT molecular complexity index is 590. The lowest BCUT2D eigenvalue weighted by Crippen LogP contribution is -2.41. The molecule has 0 aromatic heterocycles. The van der Waals surface area contributed by atoms with Crippen LogP contribution >= 0.6 is 27.5 Å². The van der Waals surface area contributed by atoms with Crippen LogP contribution < -0.4 is 0 Å². The maximum Gasteiger partial charge on any atom is 0.326 e. The number of carboxylic acids is 1. The highest BCUT2D eigenvalue weighted by molar-refractivity contribution is 9.10. The monoisotopic (exact) mass is 387 g/mol. The fourth-order valence-electron chi connectivity index (χ4n) is 2.48. The SMILES string of the molecule is O=C(c1ccc(Cl)cc1)C(Br)CC(=O)N1CCC[C@H]1C(=O)O. The number of carbonyl (C=O) groups excluding carboxylic acids is 2. The van der Waals surface area contributed by atoms with Gasteiger partial charge in [0.2, 0.25) is 5.91 Å². The van der Waals surface area contributed by atoms with E-state index in [1.807, 2.05) is 0 Å². The van der Waals surface area contributed by atoms with Crippen molar-refractivity contribution in [3.05, 3.63) is 34.9 Å². The van der Waals surface area contributed by atoms with E-state index in [4.69, 9.17) is 16.7 Å². The quantitative estimate of drug-likeness (QED) is 0.622. The molecule has 1 aliphatic heterocycles. The lowest BCUT2D eigenvalue weighted by atomic mass is 10.1. The third-order valence-corrected chi connectivity index (χ3v) is 4.62. The lowest BCUT2D eigenvalue weighted by Gasteiger charge is -2.22. The molecule has 1 aliphatic rings. The molecule has 1 aromatic rings. The lowest BCUT2D eigenvalue weighted by molar-refractivity contribution is -0.148. The fourth-order valence-corrected chi connectivity index (χ4v) is 3.15. The predicted octanol–water partition coefficient (Wildman–Crippen LogP) is 2.75. The van der Waals surface area contributed by atoms with Gasteiger partial charge >= 0.3 is 5.97 Å². The molecule has 0 bridgehead atoms.